The number of hydrogen-bond acceptors (Lipinski definition) is 7. The number of nitrogens with one attached hydrogen (secondary N) is 1. The first-order chi connectivity index (χ1) is 12.9. The molecule has 0 aliphatic carbocycles. The van der Waals surface area contributed by atoms with Gasteiger partial charge in [0.05, 0.1) is 16.4 Å². The molecule has 0 spiro atoms. The standard InChI is InChI=1S/C18H16N2O6S/c21-15-9-12(4-5-13(15)18(22)23)19-10-11-3-6-16(14(8-11)20(24)25)27-17-2-1-7-26-17/h2-6,8-9,19,21H,1,7,10H2,(H,22,23). The van der Waals surface area contributed by atoms with E-state index in [2.05, 4.69) is 5.32 Å². The first-order valence-corrected chi connectivity index (χ1v) is 8.84. The summed E-state index contributed by atoms with van der Waals surface area (Å²) in [5.74, 6) is -1.57. The van der Waals surface area contributed by atoms with Crippen molar-refractivity contribution < 1.29 is 24.7 Å². The number of aromatic hydroxyl groups is 1. The summed E-state index contributed by atoms with van der Waals surface area (Å²) in [4.78, 5) is 22.4. The van der Waals surface area contributed by atoms with Gasteiger partial charge in [0, 0.05) is 30.8 Å². The molecule has 0 aromatic heterocycles. The van der Waals surface area contributed by atoms with Crippen LogP contribution in [0, 0.1) is 10.1 Å². The van der Waals surface area contributed by atoms with Gasteiger partial charge in [-0.15, -0.1) is 0 Å². The van der Waals surface area contributed by atoms with Crippen molar-refractivity contribution in [3.8, 4) is 5.75 Å². The van der Waals surface area contributed by atoms with Gasteiger partial charge in [-0.1, -0.05) is 6.07 Å². The van der Waals surface area contributed by atoms with Crippen molar-refractivity contribution in [2.45, 2.75) is 17.9 Å². The summed E-state index contributed by atoms with van der Waals surface area (Å²) in [5, 5.41) is 33.7. The van der Waals surface area contributed by atoms with Gasteiger partial charge < -0.3 is 20.3 Å². The maximum Gasteiger partial charge on any atom is 0.339 e. The zero-order valence-corrected chi connectivity index (χ0v) is 14.9. The number of nitro groups is 1. The van der Waals surface area contributed by atoms with E-state index < -0.39 is 10.9 Å². The topological polar surface area (TPSA) is 122 Å². The Morgan fingerprint density at radius 3 is 2.74 bits per heavy atom. The number of ether oxygens (including phenoxy) is 1. The SMILES string of the molecule is O=C(O)c1ccc(NCc2ccc(SC3=CCCO3)c([N+](=O)[O-])c2)cc1O. The summed E-state index contributed by atoms with van der Waals surface area (Å²) in [5.41, 5.74) is 0.970. The van der Waals surface area contributed by atoms with Crippen molar-refractivity contribution in [3.63, 3.8) is 0 Å². The number of nitrogens with zero attached hydrogens (tertiary/aromatic N) is 1. The lowest BCUT2D eigenvalue weighted by Crippen LogP contribution is -2.02. The van der Waals surface area contributed by atoms with Gasteiger partial charge in [-0.25, -0.2) is 4.79 Å². The molecule has 0 atom stereocenters. The van der Waals surface area contributed by atoms with E-state index in [0.29, 0.717) is 27.8 Å². The Kier molecular flexibility index (Phi) is 5.51. The van der Waals surface area contributed by atoms with E-state index in [1.807, 2.05) is 6.08 Å². The smallest absolute Gasteiger partial charge is 0.339 e. The second kappa shape index (κ2) is 8.00. The van der Waals surface area contributed by atoms with Crippen LogP contribution >= 0.6 is 11.8 Å². The number of anilines is 1. The van der Waals surface area contributed by atoms with E-state index in [1.54, 1.807) is 12.1 Å². The molecule has 2 aromatic rings. The molecule has 1 aliphatic rings. The minimum Gasteiger partial charge on any atom is -0.507 e. The molecule has 0 fully saturated rings. The summed E-state index contributed by atoms with van der Waals surface area (Å²) in [7, 11) is 0. The van der Waals surface area contributed by atoms with Crippen LogP contribution in [0.5, 0.6) is 5.75 Å². The Balaban J connectivity index is 1.73. The van der Waals surface area contributed by atoms with Crippen LogP contribution in [0.2, 0.25) is 0 Å². The average molecular weight is 388 g/mol. The van der Waals surface area contributed by atoms with E-state index in [4.69, 9.17) is 9.84 Å². The predicted octanol–water partition coefficient (Wildman–Crippen LogP) is 3.96. The lowest BCUT2D eigenvalue weighted by Gasteiger charge is -2.10. The van der Waals surface area contributed by atoms with Crippen molar-refractivity contribution in [2.75, 3.05) is 11.9 Å². The van der Waals surface area contributed by atoms with E-state index >= 15 is 0 Å². The molecule has 2 aromatic carbocycles. The lowest BCUT2D eigenvalue weighted by molar-refractivity contribution is -0.387. The zero-order valence-electron chi connectivity index (χ0n) is 14.0. The minimum atomic E-state index is -1.22. The van der Waals surface area contributed by atoms with E-state index in [0.717, 1.165) is 6.42 Å². The Morgan fingerprint density at radius 2 is 2.11 bits per heavy atom. The summed E-state index contributed by atoms with van der Waals surface area (Å²) in [6.45, 7) is 0.864. The number of aromatic carboxylic acids is 1. The molecule has 1 aliphatic heterocycles. The largest absolute Gasteiger partial charge is 0.507 e. The molecule has 27 heavy (non-hydrogen) atoms. The van der Waals surface area contributed by atoms with Crippen molar-refractivity contribution in [3.05, 3.63) is 68.8 Å². The van der Waals surface area contributed by atoms with Crippen LogP contribution < -0.4 is 5.32 Å². The van der Waals surface area contributed by atoms with Gasteiger partial charge in [-0.05, 0) is 41.6 Å². The van der Waals surface area contributed by atoms with Gasteiger partial charge in [-0.2, -0.15) is 0 Å². The molecule has 9 heteroatoms. The molecule has 0 amide bonds. The predicted molar refractivity (Wildman–Crippen MR) is 100.0 cm³/mol. The Labute approximate surface area is 158 Å². The first-order valence-electron chi connectivity index (χ1n) is 8.02. The fourth-order valence-corrected chi connectivity index (χ4v) is 3.44. The quantitative estimate of drug-likeness (QED) is 0.481. The Morgan fingerprint density at radius 1 is 1.30 bits per heavy atom. The number of rotatable bonds is 7. The second-order valence-corrected chi connectivity index (χ2v) is 6.76. The van der Waals surface area contributed by atoms with Gasteiger partial charge >= 0.3 is 5.97 Å². The molecule has 0 bridgehead atoms. The number of carboxylic acid groups (broad SMARTS) is 1. The zero-order chi connectivity index (χ0) is 19.4. The monoisotopic (exact) mass is 388 g/mol. The number of phenols is 1. The molecule has 0 saturated heterocycles. The number of carbonyl (C=O) groups is 1. The summed E-state index contributed by atoms with van der Waals surface area (Å²) < 4.78 is 5.39. The van der Waals surface area contributed by atoms with Crippen LogP contribution in [-0.2, 0) is 11.3 Å². The normalized spacial score (nSPS) is 13.0. The molecule has 0 radical (unpaired) electrons. The molecule has 0 saturated carbocycles. The average Bonchev–Trinajstić information content (AvgIpc) is 3.13. The Hall–Kier alpha value is -3.20. The van der Waals surface area contributed by atoms with E-state index in [9.17, 15) is 20.0 Å². The third-order valence-electron chi connectivity index (χ3n) is 3.83. The van der Waals surface area contributed by atoms with Gasteiger partial charge in [-0.3, -0.25) is 10.1 Å². The maximum absolute atomic E-state index is 11.4. The van der Waals surface area contributed by atoms with Crippen LogP contribution in [-0.4, -0.2) is 27.7 Å². The minimum absolute atomic E-state index is 0.0141. The van der Waals surface area contributed by atoms with Gasteiger partial charge in [0.2, 0.25) is 0 Å². The van der Waals surface area contributed by atoms with Gasteiger partial charge in [0.1, 0.15) is 11.3 Å². The van der Waals surface area contributed by atoms with Crippen LogP contribution in [0.3, 0.4) is 0 Å². The highest BCUT2D eigenvalue weighted by Crippen LogP contribution is 2.37. The highest BCUT2D eigenvalue weighted by molar-refractivity contribution is 8.03. The van der Waals surface area contributed by atoms with Crippen LogP contribution in [0.1, 0.15) is 22.3 Å². The fraction of sp³-hybridized carbons (Fsp3) is 0.167. The summed E-state index contributed by atoms with van der Waals surface area (Å²) in [6.07, 6.45) is 2.70. The van der Waals surface area contributed by atoms with Crippen LogP contribution in [0.15, 0.2) is 52.5 Å². The molecule has 0 unspecified atom stereocenters. The molecule has 3 N–H and O–H groups in total. The highest BCUT2D eigenvalue weighted by atomic mass is 32.2. The van der Waals surface area contributed by atoms with Crippen LogP contribution in [0.4, 0.5) is 11.4 Å². The maximum atomic E-state index is 11.4. The molecule has 8 nitrogen and oxygen atoms in total. The second-order valence-electron chi connectivity index (χ2n) is 5.71. The molecule has 140 valence electrons. The highest BCUT2D eigenvalue weighted by Gasteiger charge is 2.18. The van der Waals surface area contributed by atoms with Crippen molar-refractivity contribution in [1.82, 2.24) is 0 Å². The number of benzene rings is 2. The van der Waals surface area contributed by atoms with Crippen molar-refractivity contribution in [1.29, 1.82) is 0 Å². The van der Waals surface area contributed by atoms with Crippen LogP contribution in [0.25, 0.3) is 0 Å². The first kappa shape index (κ1) is 18.6. The number of hydrogen-bond donors (Lipinski definition) is 3. The number of carboxylic acids is 1. The molecule has 3 rings (SSSR count). The Bertz CT molecular complexity index is 928. The summed E-state index contributed by atoms with van der Waals surface area (Å²) in [6, 6.07) is 9.03. The fourth-order valence-electron chi connectivity index (χ4n) is 2.50. The molecule has 1 heterocycles. The molecular weight excluding hydrogens is 372 g/mol. The third-order valence-corrected chi connectivity index (χ3v) is 4.88. The van der Waals surface area contributed by atoms with E-state index in [1.165, 1.54) is 36.0 Å². The van der Waals surface area contributed by atoms with E-state index in [-0.39, 0.29) is 23.5 Å². The lowest BCUT2D eigenvalue weighted by atomic mass is 10.1. The van der Waals surface area contributed by atoms with Gasteiger partial charge in [0.25, 0.3) is 5.69 Å². The number of nitro benzene ring substituents is 1. The van der Waals surface area contributed by atoms with Gasteiger partial charge in [0.15, 0.2) is 5.09 Å². The third kappa shape index (κ3) is 4.50. The van der Waals surface area contributed by atoms with Crippen molar-refractivity contribution >= 4 is 29.1 Å². The molecular formula is C18H16N2O6S. The van der Waals surface area contributed by atoms with Crippen molar-refractivity contribution in [2.24, 2.45) is 0 Å². The number of thioether (sulfide) groups is 1. The summed E-state index contributed by atoms with van der Waals surface area (Å²) >= 11 is 1.22.